The van der Waals surface area contributed by atoms with Crippen LogP contribution in [0, 0.1) is 0 Å². The molecule has 0 aliphatic rings. The molecule has 0 saturated heterocycles. The van der Waals surface area contributed by atoms with Crippen molar-refractivity contribution < 1.29 is 17.1 Å². The van der Waals surface area contributed by atoms with Crippen molar-refractivity contribution in [3.8, 4) is 0 Å². The summed E-state index contributed by atoms with van der Waals surface area (Å²) in [6.45, 7) is 2.34. The zero-order valence-electron chi connectivity index (χ0n) is 7.47. The average molecular weight is 227 g/mol. The number of rotatable bonds is 2. The molecule has 0 aliphatic carbocycles. The molecule has 0 atom stereocenters. The van der Waals surface area contributed by atoms with Crippen molar-refractivity contribution in [3.05, 3.63) is 48.5 Å². The van der Waals surface area contributed by atoms with Crippen LogP contribution in [0.15, 0.2) is 48.5 Å². The second-order valence-corrected chi connectivity index (χ2v) is 5.38. The van der Waals surface area contributed by atoms with Crippen molar-refractivity contribution in [2.45, 2.75) is 6.55 Å². The van der Waals surface area contributed by atoms with Gasteiger partial charge in [0.15, 0.2) is 0 Å². The predicted molar refractivity (Wildman–Crippen MR) is 55.0 cm³/mol. The molecular weight excluding hydrogens is 216 g/mol. The van der Waals surface area contributed by atoms with Crippen LogP contribution in [-0.4, -0.2) is 8.80 Å². The molecule has 0 unspecified atom stereocenters. The molecular formula is C11H11FeSi. The molecule has 1 radical (unpaired) electrons. The van der Waals surface area contributed by atoms with Gasteiger partial charge >= 0.3 is 17.1 Å². The van der Waals surface area contributed by atoms with E-state index in [9.17, 15) is 0 Å². The molecule has 0 saturated carbocycles. The quantitative estimate of drug-likeness (QED) is 0.536. The van der Waals surface area contributed by atoms with Gasteiger partial charge in [-0.05, 0) is 0 Å². The Labute approximate surface area is 91.4 Å². The minimum absolute atomic E-state index is 0. The molecule has 0 aromatic heterocycles. The summed E-state index contributed by atoms with van der Waals surface area (Å²) >= 11 is 0. The van der Waals surface area contributed by atoms with Crippen molar-refractivity contribution in [2.75, 3.05) is 0 Å². The molecule has 2 rings (SSSR count). The normalized spacial score (nSPS) is 10.0. The van der Waals surface area contributed by atoms with Crippen LogP contribution in [0.5, 0.6) is 0 Å². The van der Waals surface area contributed by atoms with E-state index in [-0.39, 0.29) is 17.1 Å². The maximum absolute atomic E-state index is 2.34. The van der Waals surface area contributed by atoms with Crippen molar-refractivity contribution >= 4 is 19.2 Å². The smallest absolute Gasteiger partial charge is 0.214 e. The summed E-state index contributed by atoms with van der Waals surface area (Å²) in [7, 11) is -0.459. The summed E-state index contributed by atoms with van der Waals surface area (Å²) in [6.07, 6.45) is 0. The van der Waals surface area contributed by atoms with Gasteiger partial charge in [-0.25, -0.2) is 24.3 Å². The van der Waals surface area contributed by atoms with E-state index >= 15 is 0 Å². The second kappa shape index (κ2) is 4.61. The molecule has 0 amide bonds. The molecule has 2 aromatic rings. The third kappa shape index (κ3) is 2.22. The summed E-state index contributed by atoms with van der Waals surface area (Å²) in [5.41, 5.74) is 0. The van der Waals surface area contributed by atoms with Gasteiger partial charge in [-0.1, -0.05) is 6.55 Å². The second-order valence-electron chi connectivity index (χ2n) is 2.97. The molecule has 67 valence electrons. The van der Waals surface area contributed by atoms with Gasteiger partial charge < -0.3 is 0 Å². The van der Waals surface area contributed by atoms with Crippen LogP contribution in [0.1, 0.15) is 0 Å². The van der Waals surface area contributed by atoms with E-state index in [4.69, 9.17) is 0 Å². The summed E-state index contributed by atoms with van der Waals surface area (Å²) in [5.74, 6) is 0. The first-order valence-corrected chi connectivity index (χ1v) is 6.15. The Hall–Kier alpha value is -0.564. The van der Waals surface area contributed by atoms with Crippen molar-refractivity contribution in [1.82, 2.24) is 0 Å². The first-order chi connectivity index (χ1) is 5.88. The van der Waals surface area contributed by atoms with Gasteiger partial charge in [-0.3, -0.25) is 0 Å². The molecule has 0 aliphatic heterocycles. The Morgan fingerprint density at radius 2 is 1.46 bits per heavy atom. The molecule has 2 aromatic carbocycles. The fraction of sp³-hybridized carbons (Fsp3) is 0.0909. The van der Waals surface area contributed by atoms with Crippen LogP contribution in [0.2, 0.25) is 6.55 Å². The van der Waals surface area contributed by atoms with Crippen LogP contribution >= 0.6 is 0 Å². The fourth-order valence-corrected chi connectivity index (χ4v) is 3.13. The Kier molecular flexibility index (Phi) is 3.73. The van der Waals surface area contributed by atoms with Gasteiger partial charge in [-0.15, -0.1) is 0 Å². The van der Waals surface area contributed by atoms with Crippen LogP contribution in [0.4, 0.5) is 0 Å². The third-order valence-corrected chi connectivity index (χ3v) is 4.59. The van der Waals surface area contributed by atoms with Crippen molar-refractivity contribution in [1.29, 1.82) is 0 Å². The van der Waals surface area contributed by atoms with E-state index in [2.05, 4.69) is 55.1 Å². The Balaban J connectivity index is 0.000000845. The third-order valence-electron chi connectivity index (χ3n) is 2.19. The van der Waals surface area contributed by atoms with E-state index in [0.717, 1.165) is 0 Å². The van der Waals surface area contributed by atoms with Gasteiger partial charge in [0.05, 0.1) is 8.80 Å². The SMILES string of the molecule is C[Si](c1ccc[cH-]1)c1ccc[cH-]1.[Fe+2]. The molecule has 2 heteroatoms. The Bertz CT molecular complexity index is 287. The minimum Gasteiger partial charge on any atom is -0.214 e. The molecule has 0 fully saturated rings. The zero-order valence-corrected chi connectivity index (χ0v) is 9.58. The van der Waals surface area contributed by atoms with Gasteiger partial charge in [0.1, 0.15) is 0 Å². The van der Waals surface area contributed by atoms with E-state index < -0.39 is 8.80 Å². The van der Waals surface area contributed by atoms with Crippen molar-refractivity contribution in [3.63, 3.8) is 0 Å². The van der Waals surface area contributed by atoms with Gasteiger partial charge in [0.2, 0.25) is 0 Å². The largest absolute Gasteiger partial charge is 2.00 e. The maximum Gasteiger partial charge on any atom is 2.00 e. The topological polar surface area (TPSA) is 0 Å². The van der Waals surface area contributed by atoms with Gasteiger partial charge in [0, 0.05) is 0 Å². The monoisotopic (exact) mass is 227 g/mol. The van der Waals surface area contributed by atoms with Gasteiger partial charge in [0.25, 0.3) is 0 Å². The number of hydrogen-bond acceptors (Lipinski definition) is 0. The molecule has 13 heavy (non-hydrogen) atoms. The zero-order chi connectivity index (χ0) is 8.39. The van der Waals surface area contributed by atoms with Crippen LogP contribution in [0.3, 0.4) is 0 Å². The Morgan fingerprint density at radius 3 is 1.77 bits per heavy atom. The molecule has 0 bridgehead atoms. The minimum atomic E-state index is -0.459. The summed E-state index contributed by atoms with van der Waals surface area (Å²) in [6, 6.07) is 17.4. The van der Waals surface area contributed by atoms with E-state index in [0.29, 0.717) is 0 Å². The van der Waals surface area contributed by atoms with Crippen LogP contribution in [0.25, 0.3) is 0 Å². The molecule has 0 heterocycles. The first kappa shape index (κ1) is 10.5. The van der Waals surface area contributed by atoms with E-state index in [1.807, 2.05) is 0 Å². The van der Waals surface area contributed by atoms with E-state index in [1.54, 1.807) is 0 Å². The predicted octanol–water partition coefficient (Wildman–Crippen LogP) is 1.36. The summed E-state index contributed by atoms with van der Waals surface area (Å²) < 4.78 is 0. The first-order valence-electron chi connectivity index (χ1n) is 4.15. The average Bonchev–Trinajstić information content (AvgIpc) is 2.77. The molecule has 0 nitrogen and oxygen atoms in total. The maximum atomic E-state index is 2.34. The van der Waals surface area contributed by atoms with Crippen LogP contribution in [-0.2, 0) is 17.1 Å². The molecule has 0 spiro atoms. The van der Waals surface area contributed by atoms with Crippen LogP contribution < -0.4 is 10.4 Å². The fourth-order valence-electron chi connectivity index (χ4n) is 1.41. The van der Waals surface area contributed by atoms with E-state index in [1.165, 1.54) is 10.4 Å². The summed E-state index contributed by atoms with van der Waals surface area (Å²) in [4.78, 5) is 0. The van der Waals surface area contributed by atoms with Crippen molar-refractivity contribution in [2.24, 2.45) is 0 Å². The number of hydrogen-bond donors (Lipinski definition) is 0. The summed E-state index contributed by atoms with van der Waals surface area (Å²) in [5, 5.41) is 3.01. The molecule has 0 N–H and O–H groups in total. The Morgan fingerprint density at radius 1 is 1.00 bits per heavy atom. The standard InChI is InChI=1S/C11H11Si.Fe/c1-12(10-6-2-3-7-10)11-8-4-5-9-11;/h2-9H,1H3;/q-2;+2. The van der Waals surface area contributed by atoms with Gasteiger partial charge in [-0.2, -0.15) is 34.6 Å².